The van der Waals surface area contributed by atoms with Gasteiger partial charge in [-0.25, -0.2) is 0 Å². The Morgan fingerprint density at radius 2 is 2.17 bits per heavy atom. The van der Waals surface area contributed by atoms with Crippen LogP contribution in [0, 0.1) is 0 Å². The molecule has 1 aromatic carbocycles. The summed E-state index contributed by atoms with van der Waals surface area (Å²) in [5, 5.41) is 17.8. The highest BCUT2D eigenvalue weighted by Crippen LogP contribution is 2.23. The van der Waals surface area contributed by atoms with E-state index in [0.29, 0.717) is 26.2 Å². The second-order valence-electron chi connectivity index (χ2n) is 6.16. The van der Waals surface area contributed by atoms with E-state index in [1.54, 1.807) is 0 Å². The van der Waals surface area contributed by atoms with Gasteiger partial charge in [-0.3, -0.25) is 10.00 Å². The van der Waals surface area contributed by atoms with Gasteiger partial charge in [0.1, 0.15) is 18.0 Å². The van der Waals surface area contributed by atoms with Crippen molar-refractivity contribution in [3.05, 3.63) is 47.3 Å². The van der Waals surface area contributed by atoms with Crippen molar-refractivity contribution in [1.29, 1.82) is 0 Å². The highest BCUT2D eigenvalue weighted by atomic mass is 16.5. The summed E-state index contributed by atoms with van der Waals surface area (Å²) in [7, 11) is 0. The van der Waals surface area contributed by atoms with Crippen LogP contribution in [0.4, 0.5) is 0 Å². The average Bonchev–Trinajstić information content (AvgIpc) is 3.13. The molecular formula is C17H21N3O3. The molecule has 0 aliphatic carbocycles. The topological polar surface area (TPSA) is 70.6 Å². The monoisotopic (exact) mass is 315 g/mol. The molecule has 2 N–H and O–H groups in total. The van der Waals surface area contributed by atoms with Crippen molar-refractivity contribution >= 4 is 0 Å². The second kappa shape index (κ2) is 6.31. The summed E-state index contributed by atoms with van der Waals surface area (Å²) in [5.41, 5.74) is 3.38. The first kappa shape index (κ1) is 14.7. The van der Waals surface area contributed by atoms with E-state index in [9.17, 15) is 5.11 Å². The largest absolute Gasteiger partial charge is 0.486 e. The number of para-hydroxylation sites is 1. The highest BCUT2D eigenvalue weighted by molar-refractivity contribution is 5.26. The van der Waals surface area contributed by atoms with Gasteiger partial charge in [0.05, 0.1) is 18.9 Å². The lowest BCUT2D eigenvalue weighted by atomic mass is 10.1. The van der Waals surface area contributed by atoms with Crippen molar-refractivity contribution in [2.24, 2.45) is 0 Å². The standard InChI is InChI=1S/C17H21N3O3/c21-16-9-20(10-17(16)23-12-4-2-1-3-5-12)8-15-13-11-22-7-6-14(13)18-19-15/h1-5,16-17,21H,6-11H2,(H,18,19)/t16-,17-/m1/s1. The normalized spacial score (nSPS) is 24.6. The van der Waals surface area contributed by atoms with Crippen molar-refractivity contribution in [3.8, 4) is 5.75 Å². The second-order valence-corrected chi connectivity index (χ2v) is 6.16. The van der Waals surface area contributed by atoms with Gasteiger partial charge in [-0.15, -0.1) is 0 Å². The van der Waals surface area contributed by atoms with Crippen LogP contribution in [-0.4, -0.2) is 52.1 Å². The van der Waals surface area contributed by atoms with Crippen molar-refractivity contribution in [1.82, 2.24) is 15.1 Å². The predicted octanol–water partition coefficient (Wildman–Crippen LogP) is 1.11. The molecule has 4 rings (SSSR count). The van der Waals surface area contributed by atoms with E-state index in [1.807, 2.05) is 30.3 Å². The quantitative estimate of drug-likeness (QED) is 0.884. The number of β-amino-alcohol motifs (C(OH)–C–C–N with tert-alkyl or cyclic N) is 1. The van der Waals surface area contributed by atoms with Crippen LogP contribution in [-0.2, 0) is 24.3 Å². The Balaban J connectivity index is 1.40. The number of nitrogens with zero attached hydrogens (tertiary/aromatic N) is 2. The van der Waals surface area contributed by atoms with Crippen LogP contribution >= 0.6 is 0 Å². The van der Waals surface area contributed by atoms with Gasteiger partial charge in [0.15, 0.2) is 0 Å². The van der Waals surface area contributed by atoms with Crippen LogP contribution in [0.1, 0.15) is 17.0 Å². The molecule has 0 bridgehead atoms. The first-order chi connectivity index (χ1) is 11.3. The maximum atomic E-state index is 10.3. The van der Waals surface area contributed by atoms with Crippen molar-refractivity contribution in [3.63, 3.8) is 0 Å². The van der Waals surface area contributed by atoms with Gasteiger partial charge in [0, 0.05) is 37.3 Å². The number of aromatic amines is 1. The average molecular weight is 315 g/mol. The Hall–Kier alpha value is -1.89. The molecule has 122 valence electrons. The number of hydrogen-bond donors (Lipinski definition) is 2. The third kappa shape index (κ3) is 3.10. The number of aliphatic hydroxyl groups excluding tert-OH is 1. The summed E-state index contributed by atoms with van der Waals surface area (Å²) in [6, 6.07) is 9.65. The number of aromatic nitrogens is 2. The number of H-pyrrole nitrogens is 1. The van der Waals surface area contributed by atoms with Crippen LogP contribution in [0.3, 0.4) is 0 Å². The third-order valence-corrected chi connectivity index (χ3v) is 4.50. The highest BCUT2D eigenvalue weighted by Gasteiger charge is 2.34. The molecule has 1 aromatic heterocycles. The van der Waals surface area contributed by atoms with E-state index in [-0.39, 0.29) is 6.10 Å². The van der Waals surface area contributed by atoms with Crippen LogP contribution in [0.15, 0.2) is 30.3 Å². The number of rotatable bonds is 4. The lowest BCUT2D eigenvalue weighted by Crippen LogP contribution is -2.29. The summed E-state index contributed by atoms with van der Waals surface area (Å²) in [4.78, 5) is 2.18. The lowest BCUT2D eigenvalue weighted by Gasteiger charge is -2.17. The zero-order valence-electron chi connectivity index (χ0n) is 12.9. The molecule has 0 radical (unpaired) electrons. The van der Waals surface area contributed by atoms with Gasteiger partial charge < -0.3 is 14.6 Å². The molecule has 3 heterocycles. The van der Waals surface area contributed by atoms with E-state index >= 15 is 0 Å². The molecule has 23 heavy (non-hydrogen) atoms. The number of hydrogen-bond acceptors (Lipinski definition) is 5. The van der Waals surface area contributed by atoms with Crippen LogP contribution < -0.4 is 4.74 Å². The molecule has 0 spiro atoms. The minimum Gasteiger partial charge on any atom is -0.486 e. The molecular weight excluding hydrogens is 294 g/mol. The molecule has 0 amide bonds. The van der Waals surface area contributed by atoms with Gasteiger partial charge in [-0.05, 0) is 12.1 Å². The molecule has 2 atom stereocenters. The SMILES string of the molecule is O[C@@H]1CN(Cc2n[nH]c3c2COCC3)C[C@H]1Oc1ccccc1. The Labute approximate surface area is 135 Å². The molecule has 0 saturated carbocycles. The fourth-order valence-electron chi connectivity index (χ4n) is 3.26. The molecule has 2 aliphatic heterocycles. The molecule has 6 nitrogen and oxygen atoms in total. The fraction of sp³-hybridized carbons (Fsp3) is 0.471. The van der Waals surface area contributed by atoms with Gasteiger partial charge >= 0.3 is 0 Å². The molecule has 1 saturated heterocycles. The summed E-state index contributed by atoms with van der Waals surface area (Å²) >= 11 is 0. The lowest BCUT2D eigenvalue weighted by molar-refractivity contribution is 0.0737. The minimum atomic E-state index is -0.485. The van der Waals surface area contributed by atoms with Crippen molar-refractivity contribution in [2.75, 3.05) is 19.7 Å². The van der Waals surface area contributed by atoms with Crippen molar-refractivity contribution in [2.45, 2.75) is 31.8 Å². The van der Waals surface area contributed by atoms with Gasteiger partial charge in [0.25, 0.3) is 0 Å². The molecule has 1 fully saturated rings. The van der Waals surface area contributed by atoms with E-state index in [4.69, 9.17) is 9.47 Å². The first-order valence-corrected chi connectivity index (χ1v) is 8.04. The third-order valence-electron chi connectivity index (χ3n) is 4.50. The van der Waals surface area contributed by atoms with Gasteiger partial charge in [0.2, 0.25) is 0 Å². The summed E-state index contributed by atoms with van der Waals surface area (Å²) < 4.78 is 11.4. The first-order valence-electron chi connectivity index (χ1n) is 8.04. The minimum absolute atomic E-state index is 0.205. The number of aliphatic hydroxyl groups is 1. The van der Waals surface area contributed by atoms with Crippen molar-refractivity contribution < 1.29 is 14.6 Å². The van der Waals surface area contributed by atoms with Gasteiger partial charge in [-0.2, -0.15) is 5.10 Å². The number of nitrogens with one attached hydrogen (secondary N) is 1. The molecule has 6 heteroatoms. The van der Waals surface area contributed by atoms with E-state index in [2.05, 4.69) is 15.1 Å². The van der Waals surface area contributed by atoms with E-state index < -0.39 is 6.10 Å². The summed E-state index contributed by atoms with van der Waals surface area (Å²) in [5.74, 6) is 0.795. The Kier molecular flexibility index (Phi) is 4.03. The number of ether oxygens (including phenoxy) is 2. The van der Waals surface area contributed by atoms with Crippen LogP contribution in [0.25, 0.3) is 0 Å². The zero-order valence-corrected chi connectivity index (χ0v) is 12.9. The maximum absolute atomic E-state index is 10.3. The van der Waals surface area contributed by atoms with Crippen LogP contribution in [0.5, 0.6) is 5.75 Å². The maximum Gasteiger partial charge on any atom is 0.138 e. The fourth-order valence-corrected chi connectivity index (χ4v) is 3.26. The summed E-state index contributed by atoms with van der Waals surface area (Å²) in [6.45, 7) is 3.38. The Morgan fingerprint density at radius 1 is 1.30 bits per heavy atom. The number of fused-ring (bicyclic) bond motifs is 1. The molecule has 2 aromatic rings. The van der Waals surface area contributed by atoms with E-state index in [0.717, 1.165) is 24.5 Å². The smallest absolute Gasteiger partial charge is 0.138 e. The van der Waals surface area contributed by atoms with E-state index in [1.165, 1.54) is 11.3 Å². The number of likely N-dealkylation sites (tertiary alicyclic amines) is 1. The summed E-state index contributed by atoms with van der Waals surface area (Å²) in [6.07, 6.45) is 0.203. The van der Waals surface area contributed by atoms with Crippen LogP contribution in [0.2, 0.25) is 0 Å². The Morgan fingerprint density at radius 3 is 3.04 bits per heavy atom. The Bertz CT molecular complexity index is 658. The predicted molar refractivity (Wildman–Crippen MR) is 84.1 cm³/mol. The van der Waals surface area contributed by atoms with Gasteiger partial charge in [-0.1, -0.05) is 18.2 Å². The molecule has 2 aliphatic rings. The number of benzene rings is 1. The zero-order chi connectivity index (χ0) is 15.6. The molecule has 0 unspecified atom stereocenters.